The zero-order valence-corrected chi connectivity index (χ0v) is 27.6. The summed E-state index contributed by atoms with van der Waals surface area (Å²) < 4.78 is 25.4. The lowest BCUT2D eigenvalue weighted by atomic mass is 9.53. The fourth-order valence-corrected chi connectivity index (χ4v) is 9.46. The van der Waals surface area contributed by atoms with Crippen molar-refractivity contribution in [2.75, 3.05) is 0 Å². The number of carbonyl (C=O) groups is 4. The van der Waals surface area contributed by atoms with E-state index in [9.17, 15) is 19.2 Å². The van der Waals surface area contributed by atoms with Crippen LogP contribution < -0.4 is 0 Å². The second-order valence-electron chi connectivity index (χ2n) is 15.7. The van der Waals surface area contributed by atoms with Crippen LogP contribution in [0.25, 0.3) is 0 Å². The molecule has 0 aromatic rings. The maximum absolute atomic E-state index is 13.1. The predicted molar refractivity (Wildman–Crippen MR) is 158 cm³/mol. The summed E-state index contributed by atoms with van der Waals surface area (Å²) in [5.41, 5.74) is -4.01. The van der Waals surface area contributed by atoms with Crippen LogP contribution in [0.1, 0.15) is 133 Å². The average Bonchev–Trinajstić information content (AvgIpc) is 3.00. The Morgan fingerprint density at radius 1 is 0.643 bits per heavy atom. The summed E-state index contributed by atoms with van der Waals surface area (Å²) in [5.74, 6) is -0.627. The molecule has 8 nitrogen and oxygen atoms in total. The monoisotopic (exact) mass is 590 g/mol. The summed E-state index contributed by atoms with van der Waals surface area (Å²) in [4.78, 5) is 51.0. The topological polar surface area (TPSA) is 105 Å². The van der Waals surface area contributed by atoms with Gasteiger partial charge in [-0.1, -0.05) is 13.8 Å². The van der Waals surface area contributed by atoms with E-state index in [0.29, 0.717) is 64.2 Å². The maximum Gasteiger partial charge on any atom is 0.303 e. The number of Topliss-reactive ketones (excluding diaryl/α,β-unsaturated/α-hetero) is 2. The molecule has 2 aliphatic heterocycles. The SMILES string of the molecule is CC(=O)OC1(C)CCC2OC(C)(C)C(=O)CCC2(C)C1CCC1C(C)(OC(C)=O)CCC2OC(C)(C)C(=O)CCC21C. The summed E-state index contributed by atoms with van der Waals surface area (Å²) in [7, 11) is 0. The molecule has 8 heteroatoms. The summed E-state index contributed by atoms with van der Waals surface area (Å²) in [5, 5.41) is 0. The smallest absolute Gasteiger partial charge is 0.303 e. The van der Waals surface area contributed by atoms with E-state index in [1.807, 2.05) is 41.5 Å². The van der Waals surface area contributed by atoms with Crippen LogP contribution in [0.2, 0.25) is 0 Å². The van der Waals surface area contributed by atoms with Crippen molar-refractivity contribution in [1.29, 1.82) is 0 Å². The van der Waals surface area contributed by atoms with Gasteiger partial charge in [-0.25, -0.2) is 0 Å². The fourth-order valence-electron chi connectivity index (χ4n) is 9.46. The quantitative estimate of drug-likeness (QED) is 0.344. The van der Waals surface area contributed by atoms with E-state index in [1.54, 1.807) is 0 Å². The van der Waals surface area contributed by atoms with Gasteiger partial charge in [-0.05, 0) is 92.9 Å². The number of carbonyl (C=O) groups excluding carboxylic acids is 4. The van der Waals surface area contributed by atoms with E-state index in [2.05, 4.69) is 13.8 Å². The highest BCUT2D eigenvalue weighted by Crippen LogP contribution is 2.60. The van der Waals surface area contributed by atoms with E-state index in [1.165, 1.54) is 13.8 Å². The second-order valence-corrected chi connectivity index (χ2v) is 15.7. The van der Waals surface area contributed by atoms with Crippen LogP contribution >= 0.6 is 0 Å². The van der Waals surface area contributed by atoms with Crippen molar-refractivity contribution in [1.82, 2.24) is 0 Å². The Labute approximate surface area is 252 Å². The molecule has 0 aromatic carbocycles. The molecular weight excluding hydrogens is 536 g/mol. The van der Waals surface area contributed by atoms with Gasteiger partial charge in [-0.3, -0.25) is 19.2 Å². The standard InChI is InChI=1S/C34H54O8/c1-21(35)39-33(9)19-15-27-31(7,17-13-25(37)29(3,4)41-27)23(33)11-12-24-32(8)18-14-26(38)30(5,6)42-28(32)16-20-34(24,10)40-22(2)36/h23-24,27-28H,11-20H2,1-10H3. The molecule has 4 aliphatic rings. The Hall–Kier alpha value is -1.80. The summed E-state index contributed by atoms with van der Waals surface area (Å²) in [6.07, 6.45) is 5.88. The number of rotatable bonds is 5. The molecule has 238 valence electrons. The van der Waals surface area contributed by atoms with Crippen LogP contribution in [0.4, 0.5) is 0 Å². The van der Waals surface area contributed by atoms with Gasteiger partial charge in [0.05, 0.1) is 12.2 Å². The zero-order chi connectivity index (χ0) is 31.5. The molecule has 8 atom stereocenters. The van der Waals surface area contributed by atoms with Crippen LogP contribution in [-0.2, 0) is 38.1 Å². The first-order valence-electron chi connectivity index (χ1n) is 16.0. The third-order valence-corrected chi connectivity index (χ3v) is 11.8. The van der Waals surface area contributed by atoms with Crippen molar-refractivity contribution in [2.24, 2.45) is 22.7 Å². The van der Waals surface area contributed by atoms with Crippen molar-refractivity contribution >= 4 is 23.5 Å². The highest BCUT2D eigenvalue weighted by molar-refractivity contribution is 5.87. The molecule has 4 fully saturated rings. The number of ketones is 2. The van der Waals surface area contributed by atoms with Gasteiger partial charge < -0.3 is 18.9 Å². The molecule has 8 unspecified atom stereocenters. The van der Waals surface area contributed by atoms with Crippen molar-refractivity contribution in [2.45, 2.75) is 168 Å². The molecule has 2 aliphatic carbocycles. The van der Waals surface area contributed by atoms with Crippen molar-refractivity contribution < 1.29 is 38.1 Å². The van der Waals surface area contributed by atoms with Gasteiger partial charge in [-0.15, -0.1) is 0 Å². The first-order chi connectivity index (χ1) is 19.2. The molecule has 4 rings (SSSR count). The van der Waals surface area contributed by atoms with Gasteiger partial charge in [0.25, 0.3) is 0 Å². The van der Waals surface area contributed by atoms with Gasteiger partial charge in [0.2, 0.25) is 0 Å². The van der Waals surface area contributed by atoms with E-state index >= 15 is 0 Å². The molecule has 2 heterocycles. The molecule has 0 amide bonds. The number of hydrogen-bond donors (Lipinski definition) is 0. The second kappa shape index (κ2) is 11.0. The number of hydrogen-bond acceptors (Lipinski definition) is 8. The lowest BCUT2D eigenvalue weighted by molar-refractivity contribution is -0.223. The maximum atomic E-state index is 13.1. The van der Waals surface area contributed by atoms with Crippen molar-refractivity contribution in [3.63, 3.8) is 0 Å². The van der Waals surface area contributed by atoms with Crippen molar-refractivity contribution in [3.8, 4) is 0 Å². The zero-order valence-electron chi connectivity index (χ0n) is 27.6. The minimum Gasteiger partial charge on any atom is -0.459 e. The first kappa shape index (κ1) is 33.1. The Morgan fingerprint density at radius 3 is 1.29 bits per heavy atom. The normalized spacial score (nSPS) is 43.3. The Balaban J connectivity index is 1.75. The largest absolute Gasteiger partial charge is 0.459 e. The van der Waals surface area contributed by atoms with E-state index in [-0.39, 0.29) is 47.5 Å². The van der Waals surface area contributed by atoms with Gasteiger partial charge in [0.15, 0.2) is 11.6 Å². The molecule has 0 bridgehead atoms. The van der Waals surface area contributed by atoms with E-state index < -0.39 is 33.2 Å². The number of fused-ring (bicyclic) bond motifs is 2. The van der Waals surface area contributed by atoms with Crippen LogP contribution in [0.3, 0.4) is 0 Å². The van der Waals surface area contributed by atoms with Gasteiger partial charge in [0.1, 0.15) is 22.4 Å². The molecule has 2 saturated heterocycles. The van der Waals surface area contributed by atoms with Crippen LogP contribution in [-0.4, -0.2) is 58.1 Å². The number of ether oxygens (including phenoxy) is 4. The lowest BCUT2D eigenvalue weighted by Gasteiger charge is -2.58. The lowest BCUT2D eigenvalue weighted by Crippen LogP contribution is -2.60. The third-order valence-electron chi connectivity index (χ3n) is 11.8. The third kappa shape index (κ3) is 5.83. The fraction of sp³-hybridized carbons (Fsp3) is 0.882. The van der Waals surface area contributed by atoms with E-state index in [4.69, 9.17) is 18.9 Å². The highest BCUT2D eigenvalue weighted by atomic mass is 16.6. The molecule has 0 radical (unpaired) electrons. The molecule has 0 N–H and O–H groups in total. The molecule has 2 saturated carbocycles. The Morgan fingerprint density at radius 2 is 0.976 bits per heavy atom. The molecule has 0 aromatic heterocycles. The van der Waals surface area contributed by atoms with Crippen molar-refractivity contribution in [3.05, 3.63) is 0 Å². The van der Waals surface area contributed by atoms with Gasteiger partial charge in [-0.2, -0.15) is 0 Å². The van der Waals surface area contributed by atoms with Crippen LogP contribution in [0.15, 0.2) is 0 Å². The summed E-state index contributed by atoms with van der Waals surface area (Å²) in [6, 6.07) is 0. The molecular formula is C34H54O8. The van der Waals surface area contributed by atoms with Crippen LogP contribution in [0.5, 0.6) is 0 Å². The van der Waals surface area contributed by atoms with Crippen LogP contribution in [0, 0.1) is 22.7 Å². The van der Waals surface area contributed by atoms with E-state index in [0.717, 1.165) is 0 Å². The van der Waals surface area contributed by atoms with Gasteiger partial charge >= 0.3 is 11.9 Å². The van der Waals surface area contributed by atoms with Gasteiger partial charge in [0, 0.05) is 49.4 Å². The minimum atomic E-state index is -0.864. The Kier molecular flexibility index (Phi) is 8.65. The molecule has 42 heavy (non-hydrogen) atoms. The summed E-state index contributed by atoms with van der Waals surface area (Å²) >= 11 is 0. The average molecular weight is 591 g/mol. The predicted octanol–water partition coefficient (Wildman–Crippen LogP) is 6.30. The number of esters is 2. The highest BCUT2D eigenvalue weighted by Gasteiger charge is 2.61. The molecule has 0 spiro atoms. The first-order valence-corrected chi connectivity index (χ1v) is 16.0. The minimum absolute atomic E-state index is 0.0929. The Bertz CT molecular complexity index is 1020. The summed E-state index contributed by atoms with van der Waals surface area (Å²) in [6.45, 7) is 18.8.